The van der Waals surface area contributed by atoms with Crippen molar-refractivity contribution in [1.82, 2.24) is 0 Å². The predicted octanol–water partition coefficient (Wildman–Crippen LogP) is 6.37. The highest BCUT2D eigenvalue weighted by atomic mass is 19.3. The van der Waals surface area contributed by atoms with Crippen molar-refractivity contribution in [2.45, 2.75) is 51.6 Å². The Labute approximate surface area is 154 Å². The van der Waals surface area contributed by atoms with Crippen LogP contribution in [0, 0.1) is 17.8 Å². The van der Waals surface area contributed by atoms with E-state index in [4.69, 9.17) is 0 Å². The average Bonchev–Trinajstić information content (AvgIpc) is 2.67. The zero-order valence-electron chi connectivity index (χ0n) is 15.1. The molecule has 2 aromatic carbocycles. The molecule has 1 aliphatic carbocycles. The predicted molar refractivity (Wildman–Crippen MR) is 100 cm³/mol. The van der Waals surface area contributed by atoms with Gasteiger partial charge in [-0.1, -0.05) is 37.3 Å². The monoisotopic (exact) mass is 354 g/mol. The summed E-state index contributed by atoms with van der Waals surface area (Å²) in [5.74, 6) is 7.93. The first-order valence-corrected chi connectivity index (χ1v) is 9.31. The lowest BCUT2D eigenvalue weighted by molar-refractivity contribution is -0.0498. The fourth-order valence-corrected chi connectivity index (χ4v) is 3.61. The molecule has 0 saturated heterocycles. The zero-order chi connectivity index (χ0) is 18.4. The van der Waals surface area contributed by atoms with Gasteiger partial charge in [0.15, 0.2) is 0 Å². The topological polar surface area (TPSA) is 9.23 Å². The first kappa shape index (κ1) is 18.5. The van der Waals surface area contributed by atoms with E-state index in [1.165, 1.54) is 49.8 Å². The lowest BCUT2D eigenvalue weighted by Gasteiger charge is -2.28. The lowest BCUT2D eigenvalue weighted by atomic mass is 9.78. The van der Waals surface area contributed by atoms with E-state index < -0.39 is 6.61 Å². The number of alkyl halides is 2. The molecular weight excluding hydrogens is 330 g/mol. The van der Waals surface area contributed by atoms with Crippen molar-refractivity contribution in [3.63, 3.8) is 0 Å². The Morgan fingerprint density at radius 1 is 0.885 bits per heavy atom. The Kier molecular flexibility index (Phi) is 6.28. The van der Waals surface area contributed by atoms with Gasteiger partial charge in [-0.2, -0.15) is 8.78 Å². The molecule has 2 aromatic rings. The summed E-state index contributed by atoms with van der Waals surface area (Å²) in [5, 5.41) is 0. The maximum Gasteiger partial charge on any atom is 0.387 e. The molecule has 0 spiro atoms. The van der Waals surface area contributed by atoms with Gasteiger partial charge in [0.2, 0.25) is 0 Å². The maximum atomic E-state index is 12.1. The molecule has 1 nitrogen and oxygen atoms in total. The molecule has 0 aliphatic heterocycles. The van der Waals surface area contributed by atoms with Gasteiger partial charge in [-0.05, 0) is 79.5 Å². The molecule has 1 saturated carbocycles. The first-order chi connectivity index (χ1) is 12.6. The van der Waals surface area contributed by atoms with Crippen molar-refractivity contribution in [3.8, 4) is 17.6 Å². The second kappa shape index (κ2) is 8.85. The van der Waals surface area contributed by atoms with E-state index in [9.17, 15) is 8.78 Å². The molecule has 0 heterocycles. The van der Waals surface area contributed by atoms with Crippen molar-refractivity contribution in [1.29, 1.82) is 0 Å². The molecule has 0 amide bonds. The zero-order valence-corrected chi connectivity index (χ0v) is 15.1. The molecule has 0 aromatic heterocycles. The number of hydrogen-bond donors (Lipinski definition) is 0. The second-order valence-corrected chi connectivity index (χ2v) is 6.90. The van der Waals surface area contributed by atoms with E-state index in [0.29, 0.717) is 5.92 Å². The van der Waals surface area contributed by atoms with E-state index in [-0.39, 0.29) is 5.75 Å². The van der Waals surface area contributed by atoms with Crippen LogP contribution in [0.3, 0.4) is 0 Å². The number of rotatable bonds is 4. The van der Waals surface area contributed by atoms with E-state index >= 15 is 0 Å². The standard InChI is InChI=1S/C23H24F2O/c1-2-17-5-11-20(12-6-17)21-13-7-18(8-14-21)3-4-19-9-15-22(16-10-19)26-23(24)25/h7-10,13-17,20,23H,2,5-6,11-12H2,1H3/t17-,20-. The number of benzene rings is 2. The Balaban J connectivity index is 1.60. The molecule has 0 N–H and O–H groups in total. The quantitative estimate of drug-likeness (QED) is 0.580. The van der Waals surface area contributed by atoms with Gasteiger partial charge >= 0.3 is 6.61 Å². The minimum absolute atomic E-state index is 0.146. The van der Waals surface area contributed by atoms with E-state index in [1.54, 1.807) is 12.1 Å². The minimum Gasteiger partial charge on any atom is -0.435 e. The van der Waals surface area contributed by atoms with Crippen LogP contribution in [0.2, 0.25) is 0 Å². The molecule has 136 valence electrons. The third-order valence-corrected chi connectivity index (χ3v) is 5.24. The molecule has 0 bridgehead atoms. The number of hydrogen-bond acceptors (Lipinski definition) is 1. The molecular formula is C23H24F2O. The fraction of sp³-hybridized carbons (Fsp3) is 0.391. The summed E-state index contributed by atoms with van der Waals surface area (Å²) in [6.07, 6.45) is 6.56. The molecule has 0 atom stereocenters. The van der Waals surface area contributed by atoms with E-state index in [2.05, 4.69) is 47.8 Å². The van der Waals surface area contributed by atoms with Gasteiger partial charge < -0.3 is 4.74 Å². The van der Waals surface area contributed by atoms with Gasteiger partial charge in [0, 0.05) is 11.1 Å². The van der Waals surface area contributed by atoms with E-state index in [1.807, 2.05) is 0 Å². The van der Waals surface area contributed by atoms with Gasteiger partial charge in [0.25, 0.3) is 0 Å². The smallest absolute Gasteiger partial charge is 0.387 e. The van der Waals surface area contributed by atoms with Gasteiger partial charge in [-0.15, -0.1) is 0 Å². The number of halogens is 2. The highest BCUT2D eigenvalue weighted by Crippen LogP contribution is 2.36. The van der Waals surface area contributed by atoms with Crippen molar-refractivity contribution in [2.24, 2.45) is 5.92 Å². The molecule has 1 aliphatic rings. The van der Waals surface area contributed by atoms with E-state index in [0.717, 1.165) is 17.0 Å². The fourth-order valence-electron chi connectivity index (χ4n) is 3.61. The van der Waals surface area contributed by atoms with Crippen LogP contribution in [0.25, 0.3) is 0 Å². The summed E-state index contributed by atoms with van der Waals surface area (Å²) in [6, 6.07) is 14.9. The average molecular weight is 354 g/mol. The van der Waals surface area contributed by atoms with Crippen LogP contribution in [-0.2, 0) is 0 Å². The van der Waals surface area contributed by atoms with Crippen LogP contribution in [-0.4, -0.2) is 6.61 Å². The van der Waals surface area contributed by atoms with Gasteiger partial charge in [0.05, 0.1) is 0 Å². The Hall–Kier alpha value is -2.34. The number of ether oxygens (including phenoxy) is 1. The van der Waals surface area contributed by atoms with Gasteiger partial charge in [-0.25, -0.2) is 0 Å². The second-order valence-electron chi connectivity index (χ2n) is 6.90. The maximum absolute atomic E-state index is 12.1. The summed E-state index contributed by atoms with van der Waals surface area (Å²) in [6.45, 7) is -0.514. The summed E-state index contributed by atoms with van der Waals surface area (Å²) < 4.78 is 28.6. The van der Waals surface area contributed by atoms with Crippen molar-refractivity contribution < 1.29 is 13.5 Å². The van der Waals surface area contributed by atoms with Crippen LogP contribution < -0.4 is 4.74 Å². The highest BCUT2D eigenvalue weighted by Gasteiger charge is 2.20. The van der Waals surface area contributed by atoms with Crippen LogP contribution in [0.1, 0.15) is 61.6 Å². The third-order valence-electron chi connectivity index (χ3n) is 5.24. The molecule has 0 radical (unpaired) electrons. The lowest BCUT2D eigenvalue weighted by Crippen LogP contribution is -2.12. The Morgan fingerprint density at radius 2 is 1.42 bits per heavy atom. The summed E-state index contributed by atoms with van der Waals surface area (Å²) >= 11 is 0. The van der Waals surface area contributed by atoms with Crippen molar-refractivity contribution >= 4 is 0 Å². The van der Waals surface area contributed by atoms with Crippen molar-refractivity contribution in [2.75, 3.05) is 0 Å². The molecule has 0 unspecified atom stereocenters. The van der Waals surface area contributed by atoms with Crippen LogP contribution in [0.4, 0.5) is 8.78 Å². The first-order valence-electron chi connectivity index (χ1n) is 9.31. The van der Waals surface area contributed by atoms with Crippen molar-refractivity contribution in [3.05, 3.63) is 65.2 Å². The van der Waals surface area contributed by atoms with Crippen LogP contribution in [0.15, 0.2) is 48.5 Å². The van der Waals surface area contributed by atoms with Gasteiger partial charge in [-0.3, -0.25) is 0 Å². The van der Waals surface area contributed by atoms with Crippen LogP contribution >= 0.6 is 0 Å². The Bertz CT molecular complexity index is 746. The largest absolute Gasteiger partial charge is 0.435 e. The van der Waals surface area contributed by atoms with Gasteiger partial charge in [0.1, 0.15) is 5.75 Å². The summed E-state index contributed by atoms with van der Waals surface area (Å²) in [7, 11) is 0. The molecule has 1 fully saturated rings. The summed E-state index contributed by atoms with van der Waals surface area (Å²) in [4.78, 5) is 0. The molecule has 26 heavy (non-hydrogen) atoms. The highest BCUT2D eigenvalue weighted by molar-refractivity contribution is 5.45. The third kappa shape index (κ3) is 5.08. The summed E-state index contributed by atoms with van der Waals surface area (Å²) in [5.41, 5.74) is 3.15. The molecule has 3 rings (SSSR count). The normalized spacial score (nSPS) is 19.7. The Morgan fingerprint density at radius 3 is 1.92 bits per heavy atom. The molecule has 3 heteroatoms. The SMILES string of the molecule is CC[C@H]1CC[C@H](c2ccc(C#Cc3ccc(OC(F)F)cc3)cc2)CC1. The van der Waals surface area contributed by atoms with Crippen LogP contribution in [0.5, 0.6) is 5.75 Å². The minimum atomic E-state index is -2.80.